The molecule has 0 spiro atoms. The monoisotopic (exact) mass is 151 g/mol. The summed E-state index contributed by atoms with van der Waals surface area (Å²) in [5, 5.41) is 0. The van der Waals surface area contributed by atoms with Crippen molar-refractivity contribution in [3.63, 3.8) is 0 Å². The van der Waals surface area contributed by atoms with Crippen LogP contribution in [0.15, 0.2) is 0 Å². The summed E-state index contributed by atoms with van der Waals surface area (Å²) in [5.74, 6) is 0. The number of nitrogens with two attached hydrogens (primary N) is 1. The van der Waals surface area contributed by atoms with Crippen LogP contribution in [0.5, 0.6) is 0 Å². The molecule has 0 saturated heterocycles. The van der Waals surface area contributed by atoms with E-state index in [2.05, 4.69) is 0 Å². The Hall–Kier alpha value is 0.180. The molecule has 2 bridgehead atoms. The van der Waals surface area contributed by atoms with Crippen LogP contribution >= 0.6 is 12.4 Å². The summed E-state index contributed by atoms with van der Waals surface area (Å²) < 4.78 is 12.6. The molecule has 1 nitrogen and oxygen atoms in total. The van der Waals surface area contributed by atoms with Gasteiger partial charge >= 0.3 is 0 Å². The first-order valence-electron chi connectivity index (χ1n) is 3.07. The zero-order valence-electron chi connectivity index (χ0n) is 5.19. The average molecular weight is 152 g/mol. The second-order valence-electron chi connectivity index (χ2n) is 3.39. The highest BCUT2D eigenvalue weighted by Gasteiger charge is 2.68. The second kappa shape index (κ2) is 1.61. The van der Waals surface area contributed by atoms with Gasteiger partial charge in [-0.1, -0.05) is 0 Å². The molecular formula is C6H11ClFN. The molecule has 0 heterocycles. The van der Waals surface area contributed by atoms with Gasteiger partial charge in [-0.25, -0.2) is 4.39 Å². The summed E-state index contributed by atoms with van der Waals surface area (Å²) in [7, 11) is 0. The molecule has 2 N–H and O–H groups in total. The minimum Gasteiger partial charge on any atom is -0.330 e. The van der Waals surface area contributed by atoms with Crippen molar-refractivity contribution in [2.75, 3.05) is 6.54 Å². The van der Waals surface area contributed by atoms with E-state index >= 15 is 0 Å². The molecule has 3 aliphatic rings. The Bertz CT molecular complexity index is 117. The van der Waals surface area contributed by atoms with Gasteiger partial charge in [0.05, 0.1) is 0 Å². The zero-order chi connectivity index (χ0) is 5.83. The van der Waals surface area contributed by atoms with Crippen LogP contribution in [-0.2, 0) is 0 Å². The lowest BCUT2D eigenvalue weighted by molar-refractivity contribution is -0.206. The highest BCUT2D eigenvalue weighted by molar-refractivity contribution is 5.85. The summed E-state index contributed by atoms with van der Waals surface area (Å²) >= 11 is 0. The summed E-state index contributed by atoms with van der Waals surface area (Å²) in [5.41, 5.74) is 4.92. The molecule has 3 heteroatoms. The summed E-state index contributed by atoms with van der Waals surface area (Å²) in [6, 6.07) is 0. The maximum Gasteiger partial charge on any atom is 0.112 e. The van der Waals surface area contributed by atoms with Gasteiger partial charge in [-0.2, -0.15) is 0 Å². The fraction of sp³-hybridized carbons (Fsp3) is 1.00. The predicted octanol–water partition coefficient (Wildman–Crippen LogP) is 1.26. The maximum absolute atomic E-state index is 12.6. The molecule has 0 aromatic heterocycles. The molecule has 9 heavy (non-hydrogen) atoms. The standard InChI is InChI=1S/C6H10FN.ClH/c7-6-1-5(2-6,3-6)4-8;/h1-4,8H2;1H. The Labute approximate surface area is 60.2 Å². The quantitative estimate of drug-likeness (QED) is 0.600. The first kappa shape index (κ1) is 7.29. The van der Waals surface area contributed by atoms with Crippen LogP contribution in [0.2, 0.25) is 0 Å². The Morgan fingerprint density at radius 2 is 1.78 bits per heavy atom. The van der Waals surface area contributed by atoms with Crippen LogP contribution in [0.4, 0.5) is 4.39 Å². The number of rotatable bonds is 1. The SMILES string of the molecule is Cl.NCC12CC(F)(C1)C2. The molecule has 3 saturated carbocycles. The average Bonchev–Trinajstić information content (AvgIpc) is 1.55. The Balaban J connectivity index is 0.000000405. The molecule has 54 valence electrons. The van der Waals surface area contributed by atoms with Crippen molar-refractivity contribution in [2.45, 2.75) is 24.9 Å². The van der Waals surface area contributed by atoms with Crippen molar-refractivity contribution in [3.05, 3.63) is 0 Å². The van der Waals surface area contributed by atoms with Crippen molar-refractivity contribution in [1.82, 2.24) is 0 Å². The smallest absolute Gasteiger partial charge is 0.112 e. The van der Waals surface area contributed by atoms with Gasteiger partial charge in [-0.05, 0) is 31.2 Å². The number of alkyl halides is 1. The van der Waals surface area contributed by atoms with Crippen LogP contribution < -0.4 is 5.73 Å². The maximum atomic E-state index is 12.6. The molecule has 3 fully saturated rings. The number of halogens is 2. The van der Waals surface area contributed by atoms with E-state index in [0.29, 0.717) is 6.54 Å². The van der Waals surface area contributed by atoms with E-state index in [1.165, 1.54) is 0 Å². The topological polar surface area (TPSA) is 26.0 Å². The van der Waals surface area contributed by atoms with E-state index in [-0.39, 0.29) is 17.8 Å². The molecule has 0 atom stereocenters. The van der Waals surface area contributed by atoms with Crippen LogP contribution in [0.3, 0.4) is 0 Å². The number of hydrogen-bond donors (Lipinski definition) is 1. The van der Waals surface area contributed by atoms with Crippen LogP contribution in [-0.4, -0.2) is 12.2 Å². The summed E-state index contributed by atoms with van der Waals surface area (Å²) in [6.45, 7) is 0.693. The van der Waals surface area contributed by atoms with Gasteiger partial charge in [0.2, 0.25) is 0 Å². The molecule has 0 amide bonds. The van der Waals surface area contributed by atoms with Gasteiger partial charge in [0.1, 0.15) is 5.67 Å². The largest absolute Gasteiger partial charge is 0.330 e. The zero-order valence-corrected chi connectivity index (χ0v) is 6.01. The normalized spacial score (nSPS) is 52.7. The van der Waals surface area contributed by atoms with Gasteiger partial charge in [0, 0.05) is 0 Å². The first-order chi connectivity index (χ1) is 3.68. The van der Waals surface area contributed by atoms with Crippen LogP contribution in [0.1, 0.15) is 19.3 Å². The van der Waals surface area contributed by atoms with Crippen molar-refractivity contribution in [3.8, 4) is 0 Å². The van der Waals surface area contributed by atoms with Crippen molar-refractivity contribution >= 4 is 12.4 Å². The summed E-state index contributed by atoms with van der Waals surface area (Å²) in [6.07, 6.45) is 2.24. The van der Waals surface area contributed by atoms with Gasteiger partial charge in [0.15, 0.2) is 0 Å². The highest BCUT2D eigenvalue weighted by Crippen LogP contribution is 2.68. The van der Waals surface area contributed by atoms with Gasteiger partial charge in [0.25, 0.3) is 0 Å². The Morgan fingerprint density at radius 3 is 1.89 bits per heavy atom. The Kier molecular flexibility index (Phi) is 1.30. The molecule has 0 aromatic rings. The molecule has 3 aliphatic carbocycles. The fourth-order valence-corrected chi connectivity index (χ4v) is 2.08. The molecule has 3 rings (SSSR count). The van der Waals surface area contributed by atoms with Crippen LogP contribution in [0.25, 0.3) is 0 Å². The lowest BCUT2D eigenvalue weighted by Gasteiger charge is -2.65. The third-order valence-electron chi connectivity index (χ3n) is 2.51. The van der Waals surface area contributed by atoms with Gasteiger partial charge < -0.3 is 5.73 Å². The summed E-state index contributed by atoms with van der Waals surface area (Å²) in [4.78, 5) is 0. The second-order valence-corrected chi connectivity index (χ2v) is 3.39. The van der Waals surface area contributed by atoms with Crippen LogP contribution in [0, 0.1) is 5.41 Å². The third kappa shape index (κ3) is 0.696. The van der Waals surface area contributed by atoms with E-state index in [0.717, 1.165) is 19.3 Å². The molecular weight excluding hydrogens is 141 g/mol. The molecule has 0 radical (unpaired) electrons. The van der Waals surface area contributed by atoms with Gasteiger partial charge in [-0.3, -0.25) is 0 Å². The van der Waals surface area contributed by atoms with Crippen molar-refractivity contribution < 1.29 is 4.39 Å². The predicted molar refractivity (Wildman–Crippen MR) is 36.4 cm³/mol. The lowest BCUT2D eigenvalue weighted by Crippen LogP contribution is -2.67. The fourth-order valence-electron chi connectivity index (χ4n) is 2.08. The highest BCUT2D eigenvalue weighted by atomic mass is 35.5. The van der Waals surface area contributed by atoms with E-state index in [4.69, 9.17) is 5.73 Å². The minimum atomic E-state index is -0.751. The van der Waals surface area contributed by atoms with E-state index < -0.39 is 5.67 Å². The minimum absolute atomic E-state index is 0. The van der Waals surface area contributed by atoms with E-state index in [1.807, 2.05) is 0 Å². The molecule has 0 aromatic carbocycles. The van der Waals surface area contributed by atoms with Crippen molar-refractivity contribution in [2.24, 2.45) is 11.1 Å². The molecule has 0 aliphatic heterocycles. The van der Waals surface area contributed by atoms with E-state index in [9.17, 15) is 4.39 Å². The van der Waals surface area contributed by atoms with Crippen molar-refractivity contribution in [1.29, 1.82) is 0 Å². The number of hydrogen-bond acceptors (Lipinski definition) is 1. The van der Waals surface area contributed by atoms with Gasteiger partial charge in [-0.15, -0.1) is 12.4 Å². The van der Waals surface area contributed by atoms with E-state index in [1.54, 1.807) is 0 Å². The lowest BCUT2D eigenvalue weighted by atomic mass is 9.42. The Morgan fingerprint density at radius 1 is 1.33 bits per heavy atom. The first-order valence-corrected chi connectivity index (χ1v) is 3.07. The third-order valence-corrected chi connectivity index (χ3v) is 2.51. The molecule has 0 unspecified atom stereocenters.